The minimum Gasteiger partial charge on any atom is -0.389 e. The van der Waals surface area contributed by atoms with Crippen LogP contribution >= 0.6 is 48.0 Å². The molecule has 0 radical (unpaired) electrons. The summed E-state index contributed by atoms with van der Waals surface area (Å²) in [5.41, 5.74) is 0. The molecule has 4 atom stereocenters. The van der Waals surface area contributed by atoms with E-state index in [0.29, 0.717) is 24.8 Å². The first-order chi connectivity index (χ1) is 8.54. The van der Waals surface area contributed by atoms with Crippen LogP contribution in [0, 0.1) is 0 Å². The molecule has 0 bridgehead atoms. The highest BCUT2D eigenvalue weighted by Crippen LogP contribution is 2.04. The molecule has 6 N–H and O–H groups in total. The fraction of sp³-hybridized carbons (Fsp3) is 1.00. The van der Waals surface area contributed by atoms with Gasteiger partial charge in [-0.1, -0.05) is 0 Å². The zero-order valence-electron chi connectivity index (χ0n) is 10.9. The lowest BCUT2D eigenvalue weighted by Gasteiger charge is -2.26. The number of nitrogens with one attached hydrogen (secondary N) is 2. The number of aliphatic hydroxyl groups excluding tert-OH is 4. The Morgan fingerprint density at radius 1 is 0.700 bits per heavy atom. The molecule has 20 heavy (non-hydrogen) atoms. The molecule has 0 spiro atoms. The third-order valence-electron chi connectivity index (χ3n) is 2.39. The van der Waals surface area contributed by atoms with Crippen LogP contribution in [-0.2, 0) is 0 Å². The topological polar surface area (TPSA) is 105 Å². The van der Waals surface area contributed by atoms with Crippen molar-refractivity contribution in [2.24, 2.45) is 0 Å². The summed E-state index contributed by atoms with van der Waals surface area (Å²) in [6, 6.07) is 0. The Morgan fingerprint density at radius 2 is 1.00 bits per heavy atom. The maximum absolute atomic E-state index is 9.63. The lowest BCUT2D eigenvalue weighted by Crippen LogP contribution is -2.50. The summed E-state index contributed by atoms with van der Waals surface area (Å²) in [5, 5.41) is 44.0. The number of alkyl halides is 2. The Balaban J connectivity index is -0.00000144. The van der Waals surface area contributed by atoms with Gasteiger partial charge in [0.1, 0.15) is 12.2 Å². The first kappa shape index (κ1) is 25.9. The molecular formula is C10H24Cl4N2O4. The first-order valence-electron chi connectivity index (χ1n) is 5.80. The monoisotopic (exact) mass is 376 g/mol. The zero-order valence-corrected chi connectivity index (χ0v) is 14.1. The molecule has 0 aromatic heterocycles. The zero-order chi connectivity index (χ0) is 14.0. The van der Waals surface area contributed by atoms with Gasteiger partial charge in [-0.25, -0.2) is 0 Å². The highest BCUT2D eigenvalue weighted by molar-refractivity contribution is 6.18. The summed E-state index contributed by atoms with van der Waals surface area (Å²) in [6.45, 7) is 1.15. The second kappa shape index (κ2) is 16.3. The van der Waals surface area contributed by atoms with Crippen LogP contribution in [0.5, 0.6) is 0 Å². The average Bonchev–Trinajstić information content (AvgIpc) is 2.37. The van der Waals surface area contributed by atoms with Crippen molar-refractivity contribution in [3.05, 3.63) is 0 Å². The van der Waals surface area contributed by atoms with Crippen molar-refractivity contribution in [2.75, 3.05) is 37.9 Å². The molecule has 0 fully saturated rings. The minimum atomic E-state index is -1.43. The molecule has 126 valence electrons. The molecular weight excluding hydrogens is 354 g/mol. The van der Waals surface area contributed by atoms with Gasteiger partial charge < -0.3 is 31.1 Å². The molecule has 0 aliphatic carbocycles. The number of halogens is 4. The predicted octanol–water partition coefficient (Wildman–Crippen LogP) is -1.07. The highest BCUT2D eigenvalue weighted by Gasteiger charge is 2.29. The van der Waals surface area contributed by atoms with E-state index in [1.54, 1.807) is 0 Å². The fourth-order valence-electron chi connectivity index (χ4n) is 1.33. The van der Waals surface area contributed by atoms with E-state index in [4.69, 9.17) is 23.2 Å². The van der Waals surface area contributed by atoms with E-state index in [2.05, 4.69) is 10.6 Å². The summed E-state index contributed by atoms with van der Waals surface area (Å²) in [6.07, 6.45) is -5.21. The molecule has 0 aliphatic heterocycles. The molecule has 0 aromatic rings. The van der Waals surface area contributed by atoms with Crippen LogP contribution in [-0.4, -0.2) is 82.8 Å². The Labute approximate surface area is 141 Å². The van der Waals surface area contributed by atoms with Crippen molar-refractivity contribution in [2.45, 2.75) is 24.4 Å². The van der Waals surface area contributed by atoms with Gasteiger partial charge in [0, 0.05) is 37.9 Å². The molecule has 10 heteroatoms. The highest BCUT2D eigenvalue weighted by atomic mass is 35.5. The molecule has 0 heterocycles. The summed E-state index contributed by atoms with van der Waals surface area (Å²) in [7, 11) is 0. The van der Waals surface area contributed by atoms with Gasteiger partial charge in [0.15, 0.2) is 0 Å². The van der Waals surface area contributed by atoms with Crippen molar-refractivity contribution in [3.8, 4) is 0 Å². The van der Waals surface area contributed by atoms with Gasteiger partial charge in [0.2, 0.25) is 0 Å². The maximum Gasteiger partial charge on any atom is 0.110 e. The van der Waals surface area contributed by atoms with Gasteiger partial charge in [0.05, 0.1) is 12.2 Å². The molecule has 0 unspecified atom stereocenters. The lowest BCUT2D eigenvalue weighted by atomic mass is 10.0. The lowest BCUT2D eigenvalue weighted by molar-refractivity contribution is -0.102. The van der Waals surface area contributed by atoms with Crippen molar-refractivity contribution >= 4 is 48.0 Å². The van der Waals surface area contributed by atoms with Crippen LogP contribution in [0.3, 0.4) is 0 Å². The van der Waals surface area contributed by atoms with Gasteiger partial charge in [0.25, 0.3) is 0 Å². The molecule has 0 rings (SSSR count). The molecule has 0 aliphatic rings. The number of hydrogen-bond donors (Lipinski definition) is 6. The number of rotatable bonds is 11. The third-order valence-corrected chi connectivity index (χ3v) is 2.77. The molecule has 0 saturated carbocycles. The van der Waals surface area contributed by atoms with Gasteiger partial charge in [-0.05, 0) is 0 Å². The van der Waals surface area contributed by atoms with Crippen molar-refractivity contribution in [1.82, 2.24) is 10.6 Å². The first-order valence-corrected chi connectivity index (χ1v) is 6.87. The summed E-state index contributed by atoms with van der Waals surface area (Å²) >= 11 is 10.9. The normalized spacial score (nSPS) is 16.5. The molecule has 0 saturated heterocycles. The van der Waals surface area contributed by atoms with E-state index in [-0.39, 0.29) is 37.9 Å². The molecule has 6 nitrogen and oxygen atoms in total. The van der Waals surface area contributed by atoms with Crippen LogP contribution in [0.4, 0.5) is 0 Å². The SMILES string of the molecule is Cl.Cl.O[C@@H]([C@H](O)[C@H](O)CNCCCl)[C@H](O)CNCCCl. The van der Waals surface area contributed by atoms with E-state index in [1.807, 2.05) is 0 Å². The predicted molar refractivity (Wildman–Crippen MR) is 85.7 cm³/mol. The molecule has 0 amide bonds. The van der Waals surface area contributed by atoms with Crippen LogP contribution in [0.15, 0.2) is 0 Å². The van der Waals surface area contributed by atoms with Crippen LogP contribution in [0.25, 0.3) is 0 Å². The van der Waals surface area contributed by atoms with Crippen molar-refractivity contribution in [1.29, 1.82) is 0 Å². The van der Waals surface area contributed by atoms with Crippen LogP contribution in [0.1, 0.15) is 0 Å². The van der Waals surface area contributed by atoms with Gasteiger partial charge in [-0.3, -0.25) is 0 Å². The minimum absolute atomic E-state index is 0. The van der Waals surface area contributed by atoms with E-state index < -0.39 is 24.4 Å². The summed E-state index contributed by atoms with van der Waals surface area (Å²) in [5.74, 6) is 0.771. The Bertz CT molecular complexity index is 188. The second-order valence-electron chi connectivity index (χ2n) is 3.90. The Kier molecular flexibility index (Phi) is 21.1. The Hall–Kier alpha value is 0.920. The number of hydrogen-bond acceptors (Lipinski definition) is 6. The fourth-order valence-corrected chi connectivity index (χ4v) is 1.60. The number of aliphatic hydroxyl groups is 4. The Morgan fingerprint density at radius 3 is 1.25 bits per heavy atom. The summed E-state index contributed by atoms with van der Waals surface area (Å²) < 4.78 is 0. The van der Waals surface area contributed by atoms with E-state index in [0.717, 1.165) is 0 Å². The third kappa shape index (κ3) is 11.6. The van der Waals surface area contributed by atoms with Crippen LogP contribution < -0.4 is 10.6 Å². The van der Waals surface area contributed by atoms with Gasteiger partial charge in [-0.2, -0.15) is 0 Å². The van der Waals surface area contributed by atoms with E-state index >= 15 is 0 Å². The van der Waals surface area contributed by atoms with E-state index in [9.17, 15) is 20.4 Å². The average molecular weight is 378 g/mol. The van der Waals surface area contributed by atoms with Gasteiger partial charge >= 0.3 is 0 Å². The van der Waals surface area contributed by atoms with Gasteiger partial charge in [-0.15, -0.1) is 48.0 Å². The van der Waals surface area contributed by atoms with E-state index in [1.165, 1.54) is 0 Å². The largest absolute Gasteiger partial charge is 0.389 e. The summed E-state index contributed by atoms with van der Waals surface area (Å²) in [4.78, 5) is 0. The second-order valence-corrected chi connectivity index (χ2v) is 4.66. The maximum atomic E-state index is 9.63. The molecule has 0 aromatic carbocycles. The quantitative estimate of drug-likeness (QED) is 0.202. The van der Waals surface area contributed by atoms with Crippen LogP contribution in [0.2, 0.25) is 0 Å². The smallest absolute Gasteiger partial charge is 0.110 e. The standard InChI is InChI=1S/C10H22Cl2N2O4.2ClH/c11-1-3-13-5-7(15)9(17)10(18)8(16)6-14-4-2-12;;/h7-10,13-18H,1-6H2;2*1H/t7-,8-,9-,10-;;/m1../s1. The van der Waals surface area contributed by atoms with Crippen molar-refractivity contribution < 1.29 is 20.4 Å². The van der Waals surface area contributed by atoms with Crippen molar-refractivity contribution in [3.63, 3.8) is 0 Å².